The van der Waals surface area contributed by atoms with Gasteiger partial charge in [-0.15, -0.1) is 0 Å². The van der Waals surface area contributed by atoms with Crippen molar-refractivity contribution in [3.63, 3.8) is 0 Å². The molecule has 0 radical (unpaired) electrons. The first-order chi connectivity index (χ1) is 21.3. The third-order valence-corrected chi connectivity index (χ3v) is 10.3. The summed E-state index contributed by atoms with van der Waals surface area (Å²) in [6.07, 6.45) is -5.91. The van der Waals surface area contributed by atoms with Gasteiger partial charge in [-0.05, 0) is 75.0 Å². The van der Waals surface area contributed by atoms with E-state index in [2.05, 4.69) is 4.98 Å². The Morgan fingerprint density at radius 2 is 1.84 bits per heavy atom. The first kappa shape index (κ1) is 30.9. The van der Waals surface area contributed by atoms with Crippen LogP contribution in [-0.2, 0) is 31.6 Å². The topological polar surface area (TPSA) is 90.4 Å². The van der Waals surface area contributed by atoms with E-state index in [9.17, 15) is 36.2 Å². The van der Waals surface area contributed by atoms with Crippen molar-refractivity contribution in [2.24, 2.45) is 11.8 Å². The lowest BCUT2D eigenvalue weighted by Gasteiger charge is -2.40. The number of aliphatic hydroxyl groups is 1. The second-order valence-corrected chi connectivity index (χ2v) is 13.2. The Labute approximate surface area is 254 Å². The number of rotatable bonds is 3. The number of hydrogen-bond donors (Lipinski definition) is 1. The highest BCUT2D eigenvalue weighted by molar-refractivity contribution is 5.86. The lowest BCUT2D eigenvalue weighted by Crippen LogP contribution is -2.49. The van der Waals surface area contributed by atoms with Gasteiger partial charge in [0.1, 0.15) is 17.9 Å². The number of alkyl halides is 6. The van der Waals surface area contributed by atoms with Gasteiger partial charge >= 0.3 is 18.4 Å². The number of fused-ring (bicyclic) bond motifs is 4. The highest BCUT2D eigenvalue weighted by Crippen LogP contribution is 2.59. The molecule has 14 heteroatoms. The Morgan fingerprint density at radius 1 is 1.02 bits per heavy atom. The molecule has 3 heterocycles. The first-order valence-corrected chi connectivity index (χ1v) is 15.6. The minimum absolute atomic E-state index is 0.156. The van der Waals surface area contributed by atoms with Gasteiger partial charge < -0.3 is 19.5 Å². The number of aliphatic hydroxyl groups excluding tert-OH is 1. The zero-order valence-corrected chi connectivity index (χ0v) is 24.3. The molecule has 8 nitrogen and oxygen atoms in total. The molecule has 7 atom stereocenters. The van der Waals surface area contributed by atoms with E-state index in [0.29, 0.717) is 50.2 Å². The van der Waals surface area contributed by atoms with Crippen LogP contribution in [0.2, 0.25) is 0 Å². The van der Waals surface area contributed by atoms with Crippen molar-refractivity contribution in [2.45, 2.75) is 113 Å². The molecule has 2 aliphatic heterocycles. The van der Waals surface area contributed by atoms with Crippen LogP contribution in [-0.4, -0.2) is 51.3 Å². The zero-order chi connectivity index (χ0) is 31.8. The van der Waals surface area contributed by atoms with E-state index in [4.69, 9.17) is 19.2 Å². The average molecular weight is 645 g/mol. The molecule has 3 saturated carbocycles. The highest BCUT2D eigenvalue weighted by atomic mass is 19.4. The summed E-state index contributed by atoms with van der Waals surface area (Å²) in [5.41, 5.74) is -4.22. The smallest absolute Gasteiger partial charge is 0.433 e. The monoisotopic (exact) mass is 644 g/mol. The van der Waals surface area contributed by atoms with Gasteiger partial charge in [-0.3, -0.25) is 0 Å². The van der Waals surface area contributed by atoms with Crippen molar-refractivity contribution in [2.75, 3.05) is 6.54 Å². The normalized spacial score (nSPS) is 34.2. The van der Waals surface area contributed by atoms with Gasteiger partial charge in [0, 0.05) is 37.1 Å². The average Bonchev–Trinajstić information content (AvgIpc) is 3.69. The molecule has 5 fully saturated rings. The summed E-state index contributed by atoms with van der Waals surface area (Å²) < 4.78 is 95.2. The van der Waals surface area contributed by atoms with Crippen molar-refractivity contribution < 1.29 is 55.5 Å². The van der Waals surface area contributed by atoms with E-state index < -0.39 is 65.0 Å². The van der Waals surface area contributed by atoms with Crippen LogP contribution in [0.5, 0.6) is 0 Å². The summed E-state index contributed by atoms with van der Waals surface area (Å²) in [5.74, 6) is -1.02. The number of aromatic nitrogens is 1. The second kappa shape index (κ2) is 11.0. The van der Waals surface area contributed by atoms with E-state index in [1.54, 1.807) is 0 Å². The van der Waals surface area contributed by atoms with Crippen LogP contribution >= 0.6 is 0 Å². The lowest BCUT2D eigenvalue weighted by atomic mass is 9.89. The van der Waals surface area contributed by atoms with Crippen LogP contribution in [0.1, 0.15) is 93.6 Å². The molecule has 246 valence electrons. The lowest BCUT2D eigenvalue weighted by molar-refractivity contribution is -0.363. The van der Waals surface area contributed by atoms with Gasteiger partial charge in [-0.1, -0.05) is 12.1 Å². The van der Waals surface area contributed by atoms with Crippen molar-refractivity contribution >= 4 is 17.0 Å². The minimum Gasteiger partial charge on any atom is -0.446 e. The molecule has 2 saturated heterocycles. The van der Waals surface area contributed by atoms with Crippen molar-refractivity contribution in [3.05, 3.63) is 41.1 Å². The number of carbonyl (C=O) groups excluding carboxylic acids is 1. The van der Waals surface area contributed by atoms with Gasteiger partial charge in [-0.2, -0.15) is 36.1 Å². The molecule has 2 spiro atoms. The van der Waals surface area contributed by atoms with Crippen LogP contribution in [0.25, 0.3) is 10.9 Å². The Hall–Kier alpha value is -2.68. The fourth-order valence-electron chi connectivity index (χ4n) is 8.19. The molecule has 1 amide bonds. The predicted molar refractivity (Wildman–Crippen MR) is 144 cm³/mol. The molecule has 2 bridgehead atoms. The predicted octanol–water partition coefficient (Wildman–Crippen LogP) is 7.43. The summed E-state index contributed by atoms with van der Waals surface area (Å²) in [6, 6.07) is 2.42. The second-order valence-electron chi connectivity index (χ2n) is 13.2. The van der Waals surface area contributed by atoms with Crippen LogP contribution in [0.15, 0.2) is 24.3 Å². The fourth-order valence-corrected chi connectivity index (χ4v) is 8.19. The number of para-hydroxylation sites is 1. The largest absolute Gasteiger partial charge is 0.446 e. The number of likely N-dealkylation sites (tertiary alicyclic amines) is 1. The maximum Gasteiger partial charge on any atom is 0.433 e. The zero-order valence-electron chi connectivity index (χ0n) is 24.3. The van der Waals surface area contributed by atoms with Crippen LogP contribution in [0.3, 0.4) is 0 Å². The number of amides is 1. The molecule has 1 aromatic heterocycles. The van der Waals surface area contributed by atoms with Gasteiger partial charge in [0.15, 0.2) is 0 Å². The summed E-state index contributed by atoms with van der Waals surface area (Å²) >= 11 is 0. The van der Waals surface area contributed by atoms with E-state index in [0.717, 1.165) is 31.7 Å². The highest BCUT2D eigenvalue weighted by Gasteiger charge is 2.63. The Bertz CT molecular complexity index is 1470. The standard InChI is InChI=1S/C31H34F6N2O6/c32-30(33,34)22-7-3-6-20-21(14-24(31(35,36)37)38-25(20)22)26(40)23-8-1-2-12-39(23)27(41)42-19-5-4-11-28(16-19)43-29(45-44-28)15-17-9-10-18(29)13-17/h3,6-7,14,17-19,23,26,40H,1-2,4-5,8-13,15-16H2/t17?,18?,19-,23?,26?,28-,29?/m1/s1. The number of nitrogens with zero attached hydrogens (tertiary/aromatic N) is 2. The minimum atomic E-state index is -5.08. The Kier molecular flexibility index (Phi) is 7.53. The van der Waals surface area contributed by atoms with E-state index in [1.165, 1.54) is 11.0 Å². The van der Waals surface area contributed by atoms with E-state index in [1.807, 2.05) is 0 Å². The summed E-state index contributed by atoms with van der Waals surface area (Å²) in [4.78, 5) is 29.8. The van der Waals surface area contributed by atoms with Crippen molar-refractivity contribution in [1.82, 2.24) is 9.88 Å². The quantitative estimate of drug-likeness (QED) is 0.275. The fraction of sp³-hybridized carbons (Fsp3) is 0.677. The van der Waals surface area contributed by atoms with E-state index in [-0.39, 0.29) is 36.3 Å². The molecule has 5 aliphatic rings. The third-order valence-electron chi connectivity index (χ3n) is 10.3. The molecule has 3 aliphatic carbocycles. The SMILES string of the molecule is O=C(O[C@@H]1CCC[C@]2(C1)OOC1(CC3CCC1C3)O2)N1CCCCC1C(O)c1cc(C(F)(F)F)nc2c(C(F)(F)F)cccc12. The third kappa shape index (κ3) is 5.55. The maximum absolute atomic E-state index is 13.8. The molecule has 5 unspecified atom stereocenters. The number of pyridine rings is 1. The van der Waals surface area contributed by atoms with Crippen LogP contribution in [0, 0.1) is 11.8 Å². The van der Waals surface area contributed by atoms with E-state index >= 15 is 0 Å². The van der Waals surface area contributed by atoms with Crippen molar-refractivity contribution in [1.29, 1.82) is 0 Å². The summed E-state index contributed by atoms with van der Waals surface area (Å²) in [6.45, 7) is 0.156. The van der Waals surface area contributed by atoms with Gasteiger partial charge in [0.25, 0.3) is 0 Å². The van der Waals surface area contributed by atoms with Gasteiger partial charge in [0.2, 0.25) is 11.6 Å². The maximum atomic E-state index is 13.8. The molecule has 7 rings (SSSR count). The number of halogens is 6. The molecule has 1 N–H and O–H groups in total. The molecular formula is C31H34F6N2O6. The summed E-state index contributed by atoms with van der Waals surface area (Å²) in [5, 5.41) is 11.2. The molecule has 45 heavy (non-hydrogen) atoms. The number of piperidine rings is 1. The molecule has 2 aromatic rings. The number of ether oxygens (including phenoxy) is 2. The molecule has 1 aromatic carbocycles. The summed E-state index contributed by atoms with van der Waals surface area (Å²) in [7, 11) is 0. The Balaban J connectivity index is 1.12. The Morgan fingerprint density at radius 3 is 2.56 bits per heavy atom. The van der Waals surface area contributed by atoms with Crippen LogP contribution < -0.4 is 0 Å². The number of carbonyl (C=O) groups is 1. The van der Waals surface area contributed by atoms with Crippen LogP contribution in [0.4, 0.5) is 31.1 Å². The number of hydrogen-bond acceptors (Lipinski definition) is 7. The molecular weight excluding hydrogens is 610 g/mol. The van der Waals surface area contributed by atoms with Crippen molar-refractivity contribution in [3.8, 4) is 0 Å². The van der Waals surface area contributed by atoms with Gasteiger partial charge in [-0.25, -0.2) is 9.78 Å². The number of benzene rings is 1. The first-order valence-electron chi connectivity index (χ1n) is 15.6. The van der Waals surface area contributed by atoms with Gasteiger partial charge in [0.05, 0.1) is 17.1 Å².